The molecule has 1 atom stereocenters. The molecule has 1 aliphatic heterocycles. The molecule has 0 radical (unpaired) electrons. The van der Waals surface area contributed by atoms with Crippen LogP contribution in [0.4, 0.5) is 34.3 Å². The molecule has 316 valence electrons. The van der Waals surface area contributed by atoms with E-state index in [1.165, 1.54) is 16.8 Å². The monoisotopic (exact) mass is 845 g/mol. The number of benzene rings is 3. The Morgan fingerprint density at radius 3 is 2.33 bits per heavy atom. The zero-order valence-corrected chi connectivity index (χ0v) is 35.0. The van der Waals surface area contributed by atoms with Gasteiger partial charge in [0.25, 0.3) is 5.92 Å². The molecule has 0 N–H and O–H groups in total. The van der Waals surface area contributed by atoms with Crippen LogP contribution < -0.4 is 14.5 Å². The number of piperazine rings is 1. The van der Waals surface area contributed by atoms with Gasteiger partial charge in [-0.25, -0.2) is 27.3 Å². The van der Waals surface area contributed by atoms with Crippen molar-refractivity contribution in [3.8, 4) is 5.75 Å². The molecule has 2 fully saturated rings. The van der Waals surface area contributed by atoms with E-state index in [4.69, 9.17) is 24.2 Å². The van der Waals surface area contributed by atoms with Crippen molar-refractivity contribution in [3.63, 3.8) is 0 Å². The summed E-state index contributed by atoms with van der Waals surface area (Å²) in [6, 6.07) is 20.3. The van der Waals surface area contributed by atoms with Gasteiger partial charge in [-0.05, 0) is 41.4 Å². The van der Waals surface area contributed by atoms with Crippen molar-refractivity contribution in [1.82, 2.24) is 34.0 Å². The standard InChI is InChI=1S/C42H47F4N9O4Si/c1-57-30-12-10-28(11-13-30)24-53(25-35-48-37-34(15-14-33(43)36(37)44)54(35)27-58-20-21-60(2,3)4)40-50-39(49-38-31(23-47-55(38)40)32-22-42(32,45)46)51-16-18-52(19-17-51)41(56)59-26-29-8-6-5-7-9-29/h5-15,23,32H,16-22,24-27H2,1-4H3. The van der Waals surface area contributed by atoms with Crippen LogP contribution in [0, 0.1) is 11.6 Å². The van der Waals surface area contributed by atoms with Gasteiger partial charge in [0.15, 0.2) is 17.3 Å². The zero-order chi connectivity index (χ0) is 42.2. The third kappa shape index (κ3) is 8.89. The average Bonchev–Trinajstić information content (AvgIpc) is 3.51. The molecule has 60 heavy (non-hydrogen) atoms. The third-order valence-corrected chi connectivity index (χ3v) is 12.6. The molecule has 1 saturated carbocycles. The van der Waals surface area contributed by atoms with E-state index in [1.54, 1.807) is 16.6 Å². The number of aromatic nitrogens is 6. The highest BCUT2D eigenvalue weighted by Gasteiger charge is 2.59. The number of fused-ring (bicyclic) bond motifs is 2. The fourth-order valence-corrected chi connectivity index (χ4v) is 7.97. The molecule has 1 amide bonds. The number of hydrogen-bond acceptors (Lipinski definition) is 10. The molecule has 0 bridgehead atoms. The predicted octanol–water partition coefficient (Wildman–Crippen LogP) is 7.86. The summed E-state index contributed by atoms with van der Waals surface area (Å²) in [6.45, 7) is 8.89. The zero-order valence-electron chi connectivity index (χ0n) is 34.0. The molecule has 4 heterocycles. The van der Waals surface area contributed by atoms with Crippen molar-refractivity contribution >= 4 is 42.7 Å². The summed E-state index contributed by atoms with van der Waals surface area (Å²) in [6.07, 6.45) is 0.639. The average molecular weight is 846 g/mol. The maximum absolute atomic E-state index is 15.4. The maximum atomic E-state index is 15.4. The summed E-state index contributed by atoms with van der Waals surface area (Å²) >= 11 is 0. The first kappa shape index (κ1) is 41.0. The van der Waals surface area contributed by atoms with E-state index < -0.39 is 37.6 Å². The first-order valence-corrected chi connectivity index (χ1v) is 23.6. The summed E-state index contributed by atoms with van der Waals surface area (Å²) in [5.74, 6) is -4.54. The minimum absolute atomic E-state index is 0.000513. The van der Waals surface area contributed by atoms with Crippen LogP contribution >= 0.6 is 0 Å². The first-order chi connectivity index (χ1) is 28.8. The van der Waals surface area contributed by atoms with Crippen molar-refractivity contribution in [2.75, 3.05) is 49.7 Å². The van der Waals surface area contributed by atoms with E-state index >= 15 is 4.39 Å². The van der Waals surface area contributed by atoms with Gasteiger partial charge in [-0.1, -0.05) is 62.1 Å². The van der Waals surface area contributed by atoms with E-state index in [0.29, 0.717) is 49.9 Å². The highest BCUT2D eigenvalue weighted by atomic mass is 28.3. The smallest absolute Gasteiger partial charge is 0.410 e. The molecular weight excluding hydrogens is 799 g/mol. The summed E-state index contributed by atoms with van der Waals surface area (Å²) in [7, 11) is 0.131. The Kier molecular flexibility index (Phi) is 11.4. The largest absolute Gasteiger partial charge is 0.497 e. The van der Waals surface area contributed by atoms with Crippen molar-refractivity contribution in [1.29, 1.82) is 0 Å². The van der Waals surface area contributed by atoms with Crippen LogP contribution in [0.25, 0.3) is 16.7 Å². The van der Waals surface area contributed by atoms with Gasteiger partial charge in [0.2, 0.25) is 11.9 Å². The molecule has 18 heteroatoms. The number of halogens is 4. The van der Waals surface area contributed by atoms with Crippen LogP contribution in [-0.4, -0.2) is 94.0 Å². The van der Waals surface area contributed by atoms with Crippen molar-refractivity contribution < 1.29 is 36.6 Å². The quantitative estimate of drug-likeness (QED) is 0.0575. The van der Waals surface area contributed by atoms with Gasteiger partial charge in [-0.15, -0.1) is 0 Å². The molecule has 2 aliphatic rings. The number of methoxy groups -OCH3 is 1. The van der Waals surface area contributed by atoms with E-state index in [0.717, 1.165) is 23.2 Å². The minimum atomic E-state index is -2.90. The lowest BCUT2D eigenvalue weighted by molar-refractivity contribution is 0.0878. The molecule has 1 aliphatic carbocycles. The third-order valence-electron chi connectivity index (χ3n) is 10.8. The van der Waals surface area contributed by atoms with Gasteiger partial charge in [0.05, 0.1) is 31.3 Å². The van der Waals surface area contributed by atoms with Crippen LogP contribution in [0.15, 0.2) is 72.9 Å². The van der Waals surface area contributed by atoms with Crippen LogP contribution in [0.1, 0.15) is 34.9 Å². The number of alkyl halides is 2. The number of carbonyl (C=O) groups is 1. The predicted molar refractivity (Wildman–Crippen MR) is 220 cm³/mol. The SMILES string of the molecule is COc1ccc(CN(Cc2nc3c(F)c(F)ccc3n2COCC[Si](C)(C)C)c2nc(N3CCN(C(=O)OCc4ccccc4)CC3)nc3c(C4CC4(F)F)cnn23)cc1. The van der Waals surface area contributed by atoms with Crippen LogP contribution in [0.5, 0.6) is 5.75 Å². The van der Waals surface area contributed by atoms with Crippen molar-refractivity contribution in [3.05, 3.63) is 107 Å². The van der Waals surface area contributed by atoms with Gasteiger partial charge in [-0.3, -0.25) is 0 Å². The Morgan fingerprint density at radius 1 is 0.917 bits per heavy atom. The Bertz CT molecular complexity index is 2470. The minimum Gasteiger partial charge on any atom is -0.497 e. The Hall–Kier alpha value is -5.75. The van der Waals surface area contributed by atoms with Crippen LogP contribution in [-0.2, 0) is 35.9 Å². The summed E-state index contributed by atoms with van der Waals surface area (Å²) in [5, 5.41) is 4.57. The Labute approximate surface area is 345 Å². The second-order valence-electron chi connectivity index (χ2n) is 16.4. The lowest BCUT2D eigenvalue weighted by Crippen LogP contribution is -2.49. The number of rotatable bonds is 15. The summed E-state index contributed by atoms with van der Waals surface area (Å²) in [4.78, 5) is 32.9. The Balaban J connectivity index is 1.16. The van der Waals surface area contributed by atoms with Gasteiger partial charge in [-0.2, -0.15) is 19.6 Å². The number of anilines is 2. The fraction of sp³-hybridized carbons (Fsp3) is 0.405. The molecule has 1 unspecified atom stereocenters. The topological polar surface area (TPSA) is 115 Å². The lowest BCUT2D eigenvalue weighted by atomic mass is 10.2. The Morgan fingerprint density at radius 2 is 1.65 bits per heavy atom. The highest BCUT2D eigenvalue weighted by molar-refractivity contribution is 6.76. The van der Waals surface area contributed by atoms with Crippen LogP contribution in [0.2, 0.25) is 25.7 Å². The number of amides is 1. The molecule has 0 spiro atoms. The molecule has 3 aromatic heterocycles. The van der Waals surface area contributed by atoms with Gasteiger partial charge >= 0.3 is 6.09 Å². The fourth-order valence-electron chi connectivity index (χ4n) is 7.21. The molecular formula is C42H47F4N9O4Si. The van der Waals surface area contributed by atoms with E-state index in [9.17, 15) is 18.0 Å². The maximum Gasteiger partial charge on any atom is 0.410 e. The normalized spacial score (nSPS) is 16.4. The van der Waals surface area contributed by atoms with Gasteiger partial charge in [0.1, 0.15) is 30.4 Å². The van der Waals surface area contributed by atoms with Crippen molar-refractivity contribution in [2.45, 2.75) is 70.4 Å². The van der Waals surface area contributed by atoms with E-state index in [1.807, 2.05) is 64.4 Å². The first-order valence-electron chi connectivity index (χ1n) is 19.9. The second-order valence-corrected chi connectivity index (χ2v) is 22.0. The van der Waals surface area contributed by atoms with Crippen molar-refractivity contribution in [2.24, 2.45) is 0 Å². The summed E-state index contributed by atoms with van der Waals surface area (Å²) in [5.41, 5.74) is 2.43. The van der Waals surface area contributed by atoms with E-state index in [-0.39, 0.29) is 61.5 Å². The highest BCUT2D eigenvalue weighted by Crippen LogP contribution is 2.56. The second kappa shape index (κ2) is 16.7. The number of hydrogen-bond donors (Lipinski definition) is 0. The van der Waals surface area contributed by atoms with Gasteiger partial charge < -0.3 is 33.5 Å². The van der Waals surface area contributed by atoms with Gasteiger partial charge in [0, 0.05) is 59.4 Å². The lowest BCUT2D eigenvalue weighted by Gasteiger charge is -2.34. The van der Waals surface area contributed by atoms with E-state index in [2.05, 4.69) is 29.7 Å². The number of nitrogens with zero attached hydrogens (tertiary/aromatic N) is 9. The summed E-state index contributed by atoms with van der Waals surface area (Å²) < 4.78 is 79.7. The molecule has 13 nitrogen and oxygen atoms in total. The molecule has 1 saturated heterocycles. The molecule has 3 aromatic carbocycles. The molecule has 6 aromatic rings. The number of carbonyl (C=O) groups excluding carboxylic acids is 1. The molecule has 8 rings (SSSR count). The number of ether oxygens (including phenoxy) is 3. The van der Waals surface area contributed by atoms with Crippen LogP contribution in [0.3, 0.4) is 0 Å². The number of imidazole rings is 1.